The Balaban J connectivity index is 2.07. The Kier molecular flexibility index (Phi) is 5.53. The third kappa shape index (κ3) is 3.55. The molecule has 0 amide bonds. The fourth-order valence-corrected chi connectivity index (χ4v) is 3.23. The molecule has 0 aromatic heterocycles. The molecule has 1 N–H and O–H groups in total. The average Bonchev–Trinajstić information content (AvgIpc) is 3.13. The summed E-state index contributed by atoms with van der Waals surface area (Å²) in [5.74, 6) is -1.20. The molecule has 1 saturated heterocycles. The van der Waals surface area contributed by atoms with Crippen molar-refractivity contribution in [1.29, 1.82) is 0 Å². The Labute approximate surface area is 152 Å². The van der Waals surface area contributed by atoms with Gasteiger partial charge >= 0.3 is 11.9 Å². The third-order valence-electron chi connectivity index (χ3n) is 4.50. The maximum absolute atomic E-state index is 12.5. The van der Waals surface area contributed by atoms with Crippen LogP contribution in [0.25, 0.3) is 0 Å². The summed E-state index contributed by atoms with van der Waals surface area (Å²) >= 11 is 0. The van der Waals surface area contributed by atoms with E-state index in [-0.39, 0.29) is 11.3 Å². The summed E-state index contributed by atoms with van der Waals surface area (Å²) in [5, 5.41) is 3.47. The van der Waals surface area contributed by atoms with Gasteiger partial charge in [0.25, 0.3) is 0 Å². The molecule has 2 aliphatic rings. The Morgan fingerprint density at radius 3 is 2.65 bits per heavy atom. The molecule has 2 heterocycles. The molecule has 0 aliphatic carbocycles. The molecule has 3 rings (SSSR count). The molecule has 26 heavy (non-hydrogen) atoms. The molecule has 6 nitrogen and oxygen atoms in total. The van der Waals surface area contributed by atoms with Gasteiger partial charge in [-0.2, -0.15) is 0 Å². The van der Waals surface area contributed by atoms with E-state index in [1.54, 1.807) is 29.3 Å². The highest BCUT2D eigenvalue weighted by Crippen LogP contribution is 2.30. The van der Waals surface area contributed by atoms with E-state index in [0.29, 0.717) is 6.04 Å². The summed E-state index contributed by atoms with van der Waals surface area (Å²) < 4.78 is 9.76. The fraction of sp³-hybridized carbons (Fsp3) is 0.300. The number of nitrogens with one attached hydrogen (secondary N) is 1. The number of hydrogen-bond acceptors (Lipinski definition) is 6. The highest BCUT2D eigenvalue weighted by Gasteiger charge is 2.28. The van der Waals surface area contributed by atoms with E-state index < -0.39 is 11.9 Å². The van der Waals surface area contributed by atoms with E-state index in [4.69, 9.17) is 9.47 Å². The number of hydrogen-bond donors (Lipinski definition) is 1. The van der Waals surface area contributed by atoms with Crippen LogP contribution >= 0.6 is 0 Å². The van der Waals surface area contributed by atoms with E-state index in [1.165, 1.54) is 14.2 Å². The largest absolute Gasteiger partial charge is 0.465 e. The molecule has 1 aromatic rings. The van der Waals surface area contributed by atoms with Gasteiger partial charge in [-0.25, -0.2) is 9.59 Å². The van der Waals surface area contributed by atoms with Crippen molar-refractivity contribution in [2.24, 2.45) is 0 Å². The fourth-order valence-electron chi connectivity index (χ4n) is 3.23. The van der Waals surface area contributed by atoms with Crippen molar-refractivity contribution in [2.75, 3.05) is 25.7 Å². The van der Waals surface area contributed by atoms with E-state index >= 15 is 0 Å². The molecule has 6 heteroatoms. The molecule has 136 valence electrons. The molecule has 2 aliphatic heterocycles. The molecule has 1 atom stereocenters. The summed E-state index contributed by atoms with van der Waals surface area (Å²) in [5.41, 5.74) is 2.20. The van der Waals surface area contributed by atoms with Crippen molar-refractivity contribution in [3.63, 3.8) is 0 Å². The van der Waals surface area contributed by atoms with Gasteiger partial charge in [0.2, 0.25) is 0 Å². The zero-order valence-corrected chi connectivity index (χ0v) is 14.9. The second-order valence-corrected chi connectivity index (χ2v) is 6.06. The van der Waals surface area contributed by atoms with Gasteiger partial charge in [-0.15, -0.1) is 0 Å². The highest BCUT2D eigenvalue weighted by atomic mass is 16.5. The molecule has 1 fully saturated rings. The minimum absolute atomic E-state index is 0.126. The predicted octanol–water partition coefficient (Wildman–Crippen LogP) is 2.60. The van der Waals surface area contributed by atoms with Crippen molar-refractivity contribution >= 4 is 17.6 Å². The topological polar surface area (TPSA) is 67.9 Å². The number of allylic oxidation sites excluding steroid dienone is 2. The first kappa shape index (κ1) is 17.9. The smallest absolute Gasteiger partial charge is 0.355 e. The van der Waals surface area contributed by atoms with E-state index in [9.17, 15) is 9.59 Å². The molecule has 0 saturated carbocycles. The van der Waals surface area contributed by atoms with E-state index in [0.717, 1.165) is 30.6 Å². The average molecular weight is 354 g/mol. The number of methoxy groups -OCH3 is 2. The summed E-state index contributed by atoms with van der Waals surface area (Å²) in [6.45, 7) is 1.00. The number of carbonyl (C=O) groups is 2. The molecule has 0 spiro atoms. The molecular weight excluding hydrogens is 332 g/mol. The lowest BCUT2D eigenvalue weighted by Gasteiger charge is -2.24. The van der Waals surface area contributed by atoms with Gasteiger partial charge in [0.15, 0.2) is 0 Å². The SMILES string of the molecule is COC(=O)C1=C(C(=O)OC)N(c2cccc(C3CCCN3)c2)C=CC=C1. The Morgan fingerprint density at radius 2 is 1.96 bits per heavy atom. The van der Waals surface area contributed by atoms with Crippen molar-refractivity contribution in [2.45, 2.75) is 18.9 Å². The first-order chi connectivity index (χ1) is 12.7. The zero-order chi connectivity index (χ0) is 18.5. The minimum Gasteiger partial charge on any atom is -0.465 e. The number of carbonyl (C=O) groups excluding carboxylic acids is 2. The van der Waals surface area contributed by atoms with Crippen LogP contribution in [-0.2, 0) is 19.1 Å². The van der Waals surface area contributed by atoms with Crippen LogP contribution in [0.4, 0.5) is 5.69 Å². The monoisotopic (exact) mass is 354 g/mol. The van der Waals surface area contributed by atoms with Crippen LogP contribution in [0.1, 0.15) is 24.4 Å². The Morgan fingerprint density at radius 1 is 1.15 bits per heavy atom. The quantitative estimate of drug-likeness (QED) is 0.839. The Bertz CT molecular complexity index is 789. The third-order valence-corrected chi connectivity index (χ3v) is 4.50. The minimum atomic E-state index is -0.606. The second kappa shape index (κ2) is 8.01. The number of benzene rings is 1. The molecule has 0 bridgehead atoms. The van der Waals surface area contributed by atoms with Crippen molar-refractivity contribution in [1.82, 2.24) is 5.32 Å². The number of nitrogens with zero attached hydrogens (tertiary/aromatic N) is 1. The van der Waals surface area contributed by atoms with E-state index in [1.807, 2.05) is 18.2 Å². The first-order valence-electron chi connectivity index (χ1n) is 8.54. The summed E-state index contributed by atoms with van der Waals surface area (Å²) in [6, 6.07) is 8.23. The van der Waals surface area contributed by atoms with Crippen LogP contribution in [0.15, 0.2) is 60.0 Å². The number of rotatable bonds is 4. The van der Waals surface area contributed by atoms with Crippen molar-refractivity contribution in [3.8, 4) is 0 Å². The Hall–Kier alpha value is -2.86. The van der Waals surface area contributed by atoms with Gasteiger partial charge in [-0.1, -0.05) is 18.2 Å². The summed E-state index contributed by atoms with van der Waals surface area (Å²) in [6.07, 6.45) is 8.96. The van der Waals surface area contributed by atoms with Crippen LogP contribution in [0.5, 0.6) is 0 Å². The molecule has 1 unspecified atom stereocenters. The molecular formula is C20H22N2O4. The van der Waals surface area contributed by atoms with Crippen LogP contribution < -0.4 is 10.2 Å². The van der Waals surface area contributed by atoms with Crippen LogP contribution in [0.3, 0.4) is 0 Å². The lowest BCUT2D eigenvalue weighted by atomic mass is 10.0. The lowest BCUT2D eigenvalue weighted by Crippen LogP contribution is -2.27. The zero-order valence-electron chi connectivity index (χ0n) is 14.9. The summed E-state index contributed by atoms with van der Waals surface area (Å²) in [4.78, 5) is 26.3. The first-order valence-corrected chi connectivity index (χ1v) is 8.54. The summed E-state index contributed by atoms with van der Waals surface area (Å²) in [7, 11) is 2.58. The standard InChI is InChI=1S/C20H22N2O4/c1-25-19(23)16-9-3-4-12-22(18(16)20(24)26-2)15-8-5-7-14(13-15)17-10-6-11-21-17/h3-5,7-9,12-13,17,21H,6,10-11H2,1-2H3. The maximum Gasteiger partial charge on any atom is 0.355 e. The second-order valence-electron chi connectivity index (χ2n) is 6.06. The van der Waals surface area contributed by atoms with Gasteiger partial charge in [-0.05, 0) is 49.2 Å². The van der Waals surface area contributed by atoms with Crippen LogP contribution in [-0.4, -0.2) is 32.7 Å². The van der Waals surface area contributed by atoms with Crippen LogP contribution in [0, 0.1) is 0 Å². The van der Waals surface area contributed by atoms with Gasteiger partial charge < -0.3 is 19.7 Å². The molecule has 1 aromatic carbocycles. The van der Waals surface area contributed by atoms with Crippen molar-refractivity contribution in [3.05, 3.63) is 65.5 Å². The predicted molar refractivity (Wildman–Crippen MR) is 98.2 cm³/mol. The highest BCUT2D eigenvalue weighted by molar-refractivity contribution is 6.05. The van der Waals surface area contributed by atoms with E-state index in [2.05, 4.69) is 11.4 Å². The lowest BCUT2D eigenvalue weighted by molar-refractivity contribution is -0.139. The normalized spacial score (nSPS) is 19.5. The van der Waals surface area contributed by atoms with Gasteiger partial charge in [0.05, 0.1) is 19.8 Å². The number of esters is 2. The maximum atomic E-state index is 12.5. The molecule has 0 radical (unpaired) electrons. The number of ether oxygens (including phenoxy) is 2. The van der Waals surface area contributed by atoms with Crippen molar-refractivity contribution < 1.29 is 19.1 Å². The van der Waals surface area contributed by atoms with Crippen LogP contribution in [0.2, 0.25) is 0 Å². The van der Waals surface area contributed by atoms with Gasteiger partial charge in [0.1, 0.15) is 5.70 Å². The number of anilines is 1. The van der Waals surface area contributed by atoms with Gasteiger partial charge in [0, 0.05) is 17.9 Å². The van der Waals surface area contributed by atoms with Gasteiger partial charge in [-0.3, -0.25) is 0 Å².